The van der Waals surface area contributed by atoms with E-state index in [-0.39, 0.29) is 24.2 Å². The van der Waals surface area contributed by atoms with Gasteiger partial charge in [-0.15, -0.1) is 0 Å². The summed E-state index contributed by atoms with van der Waals surface area (Å²) in [6, 6.07) is 3.85. The molecule has 1 atom stereocenters. The topological polar surface area (TPSA) is 64.0 Å². The number of aromatic hydroxyl groups is 1. The number of phenolic OH excluding ortho intramolecular Hbond substituents is 1. The predicted octanol–water partition coefficient (Wildman–Crippen LogP) is 1.29. The summed E-state index contributed by atoms with van der Waals surface area (Å²) in [5.41, 5.74) is 0.566. The maximum atomic E-state index is 13.3. The van der Waals surface area contributed by atoms with Gasteiger partial charge >= 0.3 is 5.97 Å². The van der Waals surface area contributed by atoms with Gasteiger partial charge in [-0.3, -0.25) is 14.6 Å². The molecule has 0 amide bonds. The number of aliphatic carboxylic acids is 1. The number of benzene rings is 1. The SMILES string of the molecule is CC(c1cc(F)ccc1O)N1CCN(CC(=O)O)CC1. The van der Waals surface area contributed by atoms with Crippen LogP contribution in [0.15, 0.2) is 18.2 Å². The smallest absolute Gasteiger partial charge is 0.317 e. The molecule has 1 heterocycles. The van der Waals surface area contributed by atoms with Crippen LogP contribution in [-0.4, -0.2) is 58.7 Å². The minimum absolute atomic E-state index is 0.0490. The van der Waals surface area contributed by atoms with Gasteiger partial charge in [-0.2, -0.15) is 0 Å². The van der Waals surface area contributed by atoms with Crippen LogP contribution in [0.3, 0.4) is 0 Å². The van der Waals surface area contributed by atoms with Gasteiger partial charge in [-0.05, 0) is 25.1 Å². The van der Waals surface area contributed by atoms with Crippen molar-refractivity contribution < 1.29 is 19.4 Å². The molecule has 110 valence electrons. The molecule has 20 heavy (non-hydrogen) atoms. The third kappa shape index (κ3) is 3.46. The molecule has 6 heteroatoms. The lowest BCUT2D eigenvalue weighted by molar-refractivity contribution is -0.138. The van der Waals surface area contributed by atoms with E-state index in [4.69, 9.17) is 5.11 Å². The first-order valence-electron chi connectivity index (χ1n) is 6.64. The summed E-state index contributed by atoms with van der Waals surface area (Å²) in [7, 11) is 0. The highest BCUT2D eigenvalue weighted by atomic mass is 19.1. The van der Waals surface area contributed by atoms with Crippen LogP contribution >= 0.6 is 0 Å². The van der Waals surface area contributed by atoms with Gasteiger partial charge in [0.1, 0.15) is 11.6 Å². The summed E-state index contributed by atoms with van der Waals surface area (Å²) in [6.45, 7) is 4.68. The Morgan fingerprint density at radius 1 is 1.35 bits per heavy atom. The zero-order chi connectivity index (χ0) is 14.7. The van der Waals surface area contributed by atoms with E-state index >= 15 is 0 Å². The van der Waals surface area contributed by atoms with Crippen LogP contribution in [-0.2, 0) is 4.79 Å². The van der Waals surface area contributed by atoms with Crippen molar-refractivity contribution in [3.63, 3.8) is 0 Å². The average Bonchev–Trinajstić information content (AvgIpc) is 2.41. The molecule has 0 spiro atoms. The van der Waals surface area contributed by atoms with Crippen molar-refractivity contribution in [1.29, 1.82) is 0 Å². The fourth-order valence-electron chi connectivity index (χ4n) is 2.56. The lowest BCUT2D eigenvalue weighted by Crippen LogP contribution is -2.48. The number of carboxylic acid groups (broad SMARTS) is 1. The fourth-order valence-corrected chi connectivity index (χ4v) is 2.56. The highest BCUT2D eigenvalue weighted by Crippen LogP contribution is 2.29. The normalized spacial score (nSPS) is 18.9. The fraction of sp³-hybridized carbons (Fsp3) is 0.500. The van der Waals surface area contributed by atoms with E-state index in [9.17, 15) is 14.3 Å². The molecular weight excluding hydrogens is 263 g/mol. The molecule has 0 aromatic heterocycles. The summed E-state index contributed by atoms with van der Waals surface area (Å²) in [5, 5.41) is 18.6. The molecule has 0 bridgehead atoms. The Kier molecular flexibility index (Phi) is 4.57. The highest BCUT2D eigenvalue weighted by Gasteiger charge is 2.24. The minimum Gasteiger partial charge on any atom is -0.508 e. The monoisotopic (exact) mass is 282 g/mol. The first-order chi connectivity index (χ1) is 9.47. The molecule has 1 aliphatic rings. The Hall–Kier alpha value is -1.66. The van der Waals surface area contributed by atoms with Crippen LogP contribution in [0.5, 0.6) is 5.75 Å². The van der Waals surface area contributed by atoms with Crippen molar-refractivity contribution in [3.05, 3.63) is 29.6 Å². The van der Waals surface area contributed by atoms with Gasteiger partial charge in [0.05, 0.1) is 6.54 Å². The van der Waals surface area contributed by atoms with Crippen LogP contribution in [0.1, 0.15) is 18.5 Å². The van der Waals surface area contributed by atoms with Crippen LogP contribution < -0.4 is 0 Å². The standard InChI is InChI=1S/C14H19FN2O3/c1-10(12-8-11(15)2-3-13(12)18)17-6-4-16(5-7-17)9-14(19)20/h2-3,8,10,18H,4-7,9H2,1H3,(H,19,20). The van der Waals surface area contributed by atoms with E-state index in [0.717, 1.165) is 0 Å². The highest BCUT2D eigenvalue weighted by molar-refractivity contribution is 5.69. The van der Waals surface area contributed by atoms with Crippen LogP contribution in [0, 0.1) is 5.82 Å². The zero-order valence-electron chi connectivity index (χ0n) is 11.4. The van der Waals surface area contributed by atoms with E-state index < -0.39 is 5.97 Å². The van der Waals surface area contributed by atoms with Crippen LogP contribution in [0.4, 0.5) is 4.39 Å². The molecule has 1 aromatic carbocycles. The predicted molar refractivity (Wildman–Crippen MR) is 72.1 cm³/mol. The molecule has 1 aliphatic heterocycles. The van der Waals surface area contributed by atoms with Crippen LogP contribution in [0.25, 0.3) is 0 Å². The summed E-state index contributed by atoms with van der Waals surface area (Å²) in [5.74, 6) is -1.10. The number of rotatable bonds is 4. The van der Waals surface area contributed by atoms with Crippen molar-refractivity contribution >= 4 is 5.97 Å². The third-order valence-electron chi connectivity index (χ3n) is 3.75. The maximum Gasteiger partial charge on any atom is 0.317 e. The number of piperazine rings is 1. The Morgan fingerprint density at radius 3 is 2.60 bits per heavy atom. The minimum atomic E-state index is -0.825. The second kappa shape index (κ2) is 6.19. The van der Waals surface area contributed by atoms with E-state index in [1.165, 1.54) is 18.2 Å². The molecule has 2 N–H and O–H groups in total. The molecule has 2 rings (SSSR count). The van der Waals surface area contributed by atoms with E-state index in [1.54, 1.807) is 0 Å². The molecule has 0 aliphatic carbocycles. The summed E-state index contributed by atoms with van der Waals surface area (Å²) in [6.07, 6.45) is 0. The molecule has 0 radical (unpaired) electrons. The molecule has 0 saturated carbocycles. The second-order valence-corrected chi connectivity index (χ2v) is 5.08. The average molecular weight is 282 g/mol. The number of nitrogens with zero attached hydrogens (tertiary/aromatic N) is 2. The quantitative estimate of drug-likeness (QED) is 0.871. The number of carboxylic acids is 1. The zero-order valence-corrected chi connectivity index (χ0v) is 11.4. The van der Waals surface area contributed by atoms with Gasteiger partial charge in [0, 0.05) is 37.8 Å². The van der Waals surface area contributed by atoms with Gasteiger partial charge in [-0.25, -0.2) is 4.39 Å². The van der Waals surface area contributed by atoms with Gasteiger partial charge in [-0.1, -0.05) is 0 Å². The number of halogens is 1. The third-order valence-corrected chi connectivity index (χ3v) is 3.75. The van der Waals surface area contributed by atoms with Crippen molar-refractivity contribution in [2.75, 3.05) is 32.7 Å². The molecule has 1 aromatic rings. The van der Waals surface area contributed by atoms with Crippen LogP contribution in [0.2, 0.25) is 0 Å². The lowest BCUT2D eigenvalue weighted by atomic mass is 10.0. The Morgan fingerprint density at radius 2 is 2.00 bits per heavy atom. The van der Waals surface area contributed by atoms with Gasteiger partial charge in [0.15, 0.2) is 0 Å². The van der Waals surface area contributed by atoms with Gasteiger partial charge in [0.2, 0.25) is 0 Å². The Bertz CT molecular complexity index is 487. The molecule has 5 nitrogen and oxygen atoms in total. The van der Waals surface area contributed by atoms with Gasteiger partial charge < -0.3 is 10.2 Å². The molecule has 1 unspecified atom stereocenters. The van der Waals surface area contributed by atoms with E-state index in [2.05, 4.69) is 4.90 Å². The summed E-state index contributed by atoms with van der Waals surface area (Å²) >= 11 is 0. The Labute approximate surface area is 117 Å². The number of phenols is 1. The second-order valence-electron chi connectivity index (χ2n) is 5.08. The summed E-state index contributed by atoms with van der Waals surface area (Å²) < 4.78 is 13.3. The van der Waals surface area contributed by atoms with E-state index in [1.807, 2.05) is 11.8 Å². The molecular formula is C14H19FN2O3. The lowest BCUT2D eigenvalue weighted by Gasteiger charge is -2.37. The number of hydrogen-bond acceptors (Lipinski definition) is 4. The summed E-state index contributed by atoms with van der Waals surface area (Å²) in [4.78, 5) is 14.6. The van der Waals surface area contributed by atoms with Gasteiger partial charge in [0.25, 0.3) is 0 Å². The Balaban J connectivity index is 1.99. The van der Waals surface area contributed by atoms with Crippen molar-refractivity contribution in [2.45, 2.75) is 13.0 Å². The number of carbonyl (C=O) groups is 1. The van der Waals surface area contributed by atoms with Crippen molar-refractivity contribution in [1.82, 2.24) is 9.80 Å². The largest absolute Gasteiger partial charge is 0.508 e. The molecule has 1 fully saturated rings. The maximum absolute atomic E-state index is 13.3. The number of hydrogen-bond donors (Lipinski definition) is 2. The van der Waals surface area contributed by atoms with E-state index in [0.29, 0.717) is 31.7 Å². The van der Waals surface area contributed by atoms with Crippen molar-refractivity contribution in [2.24, 2.45) is 0 Å². The van der Waals surface area contributed by atoms with Crippen molar-refractivity contribution in [3.8, 4) is 5.75 Å². The molecule has 1 saturated heterocycles. The first kappa shape index (κ1) is 14.7. The first-order valence-corrected chi connectivity index (χ1v) is 6.64.